The molecule has 4 heteroatoms. The normalized spacial score (nSPS) is 12.8. The zero-order valence-corrected chi connectivity index (χ0v) is 7.68. The maximum absolute atomic E-state index is 10.8. The van der Waals surface area contributed by atoms with Gasteiger partial charge in [-0.25, -0.2) is 0 Å². The van der Waals surface area contributed by atoms with Crippen LogP contribution in [-0.4, -0.2) is 25.0 Å². The third-order valence-corrected chi connectivity index (χ3v) is 1.68. The first-order valence-corrected chi connectivity index (χ1v) is 4.45. The monoisotopic (exact) mass is 173 g/mol. The number of carbonyl (C=O) groups excluding carboxylic acids is 1. The molecule has 1 atom stereocenters. The van der Waals surface area contributed by atoms with Gasteiger partial charge in [0.15, 0.2) is 0 Å². The first kappa shape index (κ1) is 11.4. The van der Waals surface area contributed by atoms with Gasteiger partial charge in [0.2, 0.25) is 5.91 Å². The molecule has 0 saturated heterocycles. The van der Waals surface area contributed by atoms with Crippen LogP contribution in [0.15, 0.2) is 0 Å². The number of hydrogen-bond donors (Lipinski definition) is 3. The summed E-state index contributed by atoms with van der Waals surface area (Å²) >= 11 is 0. The summed E-state index contributed by atoms with van der Waals surface area (Å²) in [7, 11) is 0. The van der Waals surface area contributed by atoms with E-state index in [0.29, 0.717) is 6.54 Å². The zero-order valence-electron chi connectivity index (χ0n) is 7.68. The lowest BCUT2D eigenvalue weighted by atomic mass is 10.1. The minimum absolute atomic E-state index is 0.200. The number of primary amides is 1. The lowest BCUT2D eigenvalue weighted by Gasteiger charge is -2.13. The van der Waals surface area contributed by atoms with Crippen LogP contribution < -0.4 is 16.8 Å². The molecule has 0 aliphatic carbocycles. The van der Waals surface area contributed by atoms with Crippen molar-refractivity contribution in [2.75, 3.05) is 13.1 Å². The summed E-state index contributed by atoms with van der Waals surface area (Å²) in [5.41, 5.74) is 10.5. The van der Waals surface area contributed by atoms with Gasteiger partial charge in [-0.05, 0) is 32.4 Å². The number of carbonyl (C=O) groups is 1. The standard InChI is InChI=1S/C8H19N3O/c1-2-6-11-7(8(10)12)4-3-5-9/h7,11H,2-6,9H2,1H3,(H2,10,12). The van der Waals surface area contributed by atoms with E-state index in [1.165, 1.54) is 0 Å². The van der Waals surface area contributed by atoms with Crippen molar-refractivity contribution < 1.29 is 4.79 Å². The lowest BCUT2D eigenvalue weighted by Crippen LogP contribution is -2.41. The van der Waals surface area contributed by atoms with Crippen molar-refractivity contribution in [3.05, 3.63) is 0 Å². The first-order chi connectivity index (χ1) is 5.72. The molecule has 0 aromatic heterocycles. The third-order valence-electron chi connectivity index (χ3n) is 1.68. The van der Waals surface area contributed by atoms with Gasteiger partial charge in [-0.15, -0.1) is 0 Å². The fourth-order valence-electron chi connectivity index (χ4n) is 0.985. The quantitative estimate of drug-likeness (QED) is 0.489. The van der Waals surface area contributed by atoms with E-state index in [1.807, 2.05) is 6.92 Å². The van der Waals surface area contributed by atoms with Crippen LogP contribution in [0, 0.1) is 0 Å². The number of rotatable bonds is 7. The van der Waals surface area contributed by atoms with E-state index in [2.05, 4.69) is 5.32 Å². The zero-order chi connectivity index (χ0) is 9.40. The van der Waals surface area contributed by atoms with Crippen LogP contribution in [0.25, 0.3) is 0 Å². The van der Waals surface area contributed by atoms with Crippen molar-refractivity contribution in [3.8, 4) is 0 Å². The van der Waals surface area contributed by atoms with Crippen molar-refractivity contribution in [1.29, 1.82) is 0 Å². The Kier molecular flexibility index (Phi) is 6.70. The lowest BCUT2D eigenvalue weighted by molar-refractivity contribution is -0.120. The van der Waals surface area contributed by atoms with Crippen molar-refractivity contribution in [2.45, 2.75) is 32.2 Å². The van der Waals surface area contributed by atoms with Gasteiger partial charge in [-0.3, -0.25) is 4.79 Å². The molecule has 1 amide bonds. The highest BCUT2D eigenvalue weighted by Gasteiger charge is 2.12. The minimum Gasteiger partial charge on any atom is -0.368 e. The molecule has 0 rings (SSSR count). The van der Waals surface area contributed by atoms with Crippen molar-refractivity contribution in [2.24, 2.45) is 11.5 Å². The number of hydrogen-bond acceptors (Lipinski definition) is 3. The molecule has 72 valence electrons. The maximum Gasteiger partial charge on any atom is 0.234 e. The third kappa shape index (κ3) is 5.09. The minimum atomic E-state index is -0.281. The summed E-state index contributed by atoms with van der Waals surface area (Å²) in [6.07, 6.45) is 2.59. The fraction of sp³-hybridized carbons (Fsp3) is 0.875. The van der Waals surface area contributed by atoms with Crippen molar-refractivity contribution in [1.82, 2.24) is 5.32 Å². The van der Waals surface area contributed by atoms with E-state index < -0.39 is 0 Å². The Hall–Kier alpha value is -0.610. The second-order valence-corrected chi connectivity index (χ2v) is 2.84. The Bertz CT molecular complexity index is 119. The topological polar surface area (TPSA) is 81.1 Å². The summed E-state index contributed by atoms with van der Waals surface area (Å²) in [5.74, 6) is -0.281. The Morgan fingerprint density at radius 2 is 2.25 bits per heavy atom. The Morgan fingerprint density at radius 1 is 1.58 bits per heavy atom. The number of amides is 1. The van der Waals surface area contributed by atoms with Crippen LogP contribution in [0.3, 0.4) is 0 Å². The maximum atomic E-state index is 10.8. The number of nitrogens with one attached hydrogen (secondary N) is 1. The largest absolute Gasteiger partial charge is 0.368 e. The van der Waals surface area contributed by atoms with E-state index in [9.17, 15) is 4.79 Å². The molecule has 0 bridgehead atoms. The molecule has 0 fully saturated rings. The van der Waals surface area contributed by atoms with Gasteiger partial charge < -0.3 is 16.8 Å². The molecule has 0 spiro atoms. The molecule has 0 saturated carbocycles. The summed E-state index contributed by atoms with van der Waals surface area (Å²) in [6, 6.07) is -0.200. The summed E-state index contributed by atoms with van der Waals surface area (Å²) in [5, 5.41) is 3.07. The highest BCUT2D eigenvalue weighted by atomic mass is 16.1. The van der Waals surface area contributed by atoms with Crippen LogP contribution in [0.4, 0.5) is 0 Å². The van der Waals surface area contributed by atoms with Crippen LogP contribution in [0.5, 0.6) is 0 Å². The fourth-order valence-corrected chi connectivity index (χ4v) is 0.985. The Balaban J connectivity index is 3.62. The first-order valence-electron chi connectivity index (χ1n) is 4.45. The van der Waals surface area contributed by atoms with Crippen LogP contribution in [-0.2, 0) is 4.79 Å². The molecular weight excluding hydrogens is 154 g/mol. The molecule has 0 aromatic carbocycles. The van der Waals surface area contributed by atoms with Crippen LogP contribution in [0.2, 0.25) is 0 Å². The van der Waals surface area contributed by atoms with E-state index in [0.717, 1.165) is 25.8 Å². The molecule has 5 N–H and O–H groups in total. The second-order valence-electron chi connectivity index (χ2n) is 2.84. The van der Waals surface area contributed by atoms with Gasteiger partial charge in [0.25, 0.3) is 0 Å². The van der Waals surface area contributed by atoms with Crippen molar-refractivity contribution >= 4 is 5.91 Å². The highest BCUT2D eigenvalue weighted by Crippen LogP contribution is 1.95. The van der Waals surface area contributed by atoms with Gasteiger partial charge in [-0.1, -0.05) is 6.92 Å². The predicted octanol–water partition coefficient (Wildman–Crippen LogP) is -0.421. The number of nitrogens with two attached hydrogens (primary N) is 2. The van der Waals surface area contributed by atoms with E-state index >= 15 is 0 Å². The van der Waals surface area contributed by atoms with Gasteiger partial charge in [0.05, 0.1) is 6.04 Å². The average Bonchev–Trinajstić information content (AvgIpc) is 2.04. The second kappa shape index (κ2) is 7.06. The molecular formula is C8H19N3O. The SMILES string of the molecule is CCCNC(CCCN)C(N)=O. The van der Waals surface area contributed by atoms with E-state index in [4.69, 9.17) is 11.5 Å². The molecule has 0 aromatic rings. The van der Waals surface area contributed by atoms with Crippen molar-refractivity contribution in [3.63, 3.8) is 0 Å². The highest BCUT2D eigenvalue weighted by molar-refractivity contribution is 5.79. The van der Waals surface area contributed by atoms with E-state index in [-0.39, 0.29) is 11.9 Å². The van der Waals surface area contributed by atoms with Gasteiger partial charge in [0.1, 0.15) is 0 Å². The van der Waals surface area contributed by atoms with E-state index in [1.54, 1.807) is 0 Å². The molecule has 0 radical (unpaired) electrons. The van der Waals surface area contributed by atoms with Crippen LogP contribution in [0.1, 0.15) is 26.2 Å². The Morgan fingerprint density at radius 3 is 2.67 bits per heavy atom. The average molecular weight is 173 g/mol. The predicted molar refractivity (Wildman–Crippen MR) is 49.6 cm³/mol. The summed E-state index contributed by atoms with van der Waals surface area (Å²) in [4.78, 5) is 10.8. The molecule has 0 heterocycles. The molecule has 0 aliphatic rings. The molecule has 0 aliphatic heterocycles. The molecule has 1 unspecified atom stereocenters. The Labute approximate surface area is 73.7 Å². The molecule has 12 heavy (non-hydrogen) atoms. The van der Waals surface area contributed by atoms with Crippen LogP contribution >= 0.6 is 0 Å². The summed E-state index contributed by atoms with van der Waals surface area (Å²) in [6.45, 7) is 3.49. The van der Waals surface area contributed by atoms with Gasteiger partial charge in [0, 0.05) is 0 Å². The summed E-state index contributed by atoms with van der Waals surface area (Å²) < 4.78 is 0. The van der Waals surface area contributed by atoms with Gasteiger partial charge in [-0.2, -0.15) is 0 Å². The van der Waals surface area contributed by atoms with Gasteiger partial charge >= 0.3 is 0 Å². The smallest absolute Gasteiger partial charge is 0.234 e. The molecule has 4 nitrogen and oxygen atoms in total.